The van der Waals surface area contributed by atoms with E-state index < -0.39 is 21.6 Å². The maximum atomic E-state index is 9.95. The molecule has 0 atom stereocenters. The van der Waals surface area contributed by atoms with E-state index in [1.807, 2.05) is 0 Å². The number of hydrogen-bond donors (Lipinski definition) is 0. The van der Waals surface area contributed by atoms with Crippen molar-refractivity contribution in [1.82, 2.24) is 0 Å². The van der Waals surface area contributed by atoms with Gasteiger partial charge in [0.1, 0.15) is 0 Å². The summed E-state index contributed by atoms with van der Waals surface area (Å²) in [6, 6.07) is 0. The van der Waals surface area contributed by atoms with E-state index >= 15 is 0 Å². The third kappa shape index (κ3) is 1.34. The SMILES string of the molecule is O=[N+]([O-])C1=NC([N+](=O)[O-])=NC1. The number of nitrogens with zero attached hydrogens (tertiary/aromatic N) is 4. The van der Waals surface area contributed by atoms with Crippen LogP contribution in [0.25, 0.3) is 0 Å². The van der Waals surface area contributed by atoms with E-state index in [9.17, 15) is 20.2 Å². The highest BCUT2D eigenvalue weighted by Crippen LogP contribution is 1.96. The highest BCUT2D eigenvalue weighted by Gasteiger charge is 2.26. The summed E-state index contributed by atoms with van der Waals surface area (Å²) < 4.78 is 0. The third-order valence-corrected chi connectivity index (χ3v) is 0.965. The van der Waals surface area contributed by atoms with Gasteiger partial charge in [0.15, 0.2) is 0 Å². The second-order valence-electron chi connectivity index (χ2n) is 1.66. The van der Waals surface area contributed by atoms with Gasteiger partial charge in [0.25, 0.3) is 0 Å². The Morgan fingerprint density at radius 1 is 1.27 bits per heavy atom. The van der Waals surface area contributed by atoms with Crippen LogP contribution in [0.15, 0.2) is 9.98 Å². The molecule has 1 aliphatic heterocycles. The molecule has 0 aromatic rings. The van der Waals surface area contributed by atoms with Gasteiger partial charge in [-0.05, 0) is 14.8 Å². The summed E-state index contributed by atoms with van der Waals surface area (Å²) in [7, 11) is 0. The molecule has 0 amide bonds. The average molecular weight is 158 g/mol. The van der Waals surface area contributed by atoms with Crippen LogP contribution in [0.2, 0.25) is 0 Å². The van der Waals surface area contributed by atoms with Crippen LogP contribution in [-0.2, 0) is 0 Å². The number of amidine groups is 1. The minimum absolute atomic E-state index is 0.316. The summed E-state index contributed by atoms with van der Waals surface area (Å²) in [6.45, 7) is -0.316. The van der Waals surface area contributed by atoms with Crippen molar-refractivity contribution in [3.63, 3.8) is 0 Å². The first-order chi connectivity index (χ1) is 5.11. The van der Waals surface area contributed by atoms with E-state index in [-0.39, 0.29) is 6.54 Å². The summed E-state index contributed by atoms with van der Waals surface area (Å²) in [5.41, 5.74) is 0. The number of guanidine groups is 1. The smallest absolute Gasteiger partial charge is 0.390 e. The van der Waals surface area contributed by atoms with Crippen molar-refractivity contribution >= 4 is 11.8 Å². The Labute approximate surface area is 59.6 Å². The zero-order chi connectivity index (χ0) is 8.43. The molecule has 0 saturated carbocycles. The van der Waals surface area contributed by atoms with Gasteiger partial charge in [0.2, 0.25) is 6.54 Å². The van der Waals surface area contributed by atoms with Crippen molar-refractivity contribution < 1.29 is 9.85 Å². The Morgan fingerprint density at radius 3 is 2.18 bits per heavy atom. The molecule has 0 saturated heterocycles. The Hall–Kier alpha value is -1.86. The van der Waals surface area contributed by atoms with Crippen LogP contribution < -0.4 is 0 Å². The van der Waals surface area contributed by atoms with E-state index in [4.69, 9.17) is 0 Å². The number of aliphatic imine (C=N–C) groups is 2. The first kappa shape index (κ1) is 7.25. The molecule has 11 heavy (non-hydrogen) atoms. The van der Waals surface area contributed by atoms with Crippen LogP contribution in [0.4, 0.5) is 0 Å². The van der Waals surface area contributed by atoms with Crippen molar-refractivity contribution in [2.24, 2.45) is 9.98 Å². The molecule has 8 nitrogen and oxygen atoms in total. The lowest BCUT2D eigenvalue weighted by Crippen LogP contribution is -2.13. The Kier molecular flexibility index (Phi) is 1.58. The number of hydrogen-bond acceptors (Lipinski definition) is 6. The lowest BCUT2D eigenvalue weighted by molar-refractivity contribution is -0.357. The molecule has 0 bridgehead atoms. The van der Waals surface area contributed by atoms with Crippen LogP contribution in [-0.4, -0.2) is 28.2 Å². The van der Waals surface area contributed by atoms with Gasteiger partial charge in [-0.15, -0.1) is 0 Å². The molecular weight excluding hydrogens is 156 g/mol. The van der Waals surface area contributed by atoms with E-state index in [0.29, 0.717) is 0 Å². The molecule has 0 aliphatic carbocycles. The minimum Gasteiger partial charge on any atom is -0.390 e. The number of rotatable bonds is 0. The van der Waals surface area contributed by atoms with Crippen molar-refractivity contribution in [3.05, 3.63) is 20.2 Å². The Morgan fingerprint density at radius 2 is 1.91 bits per heavy atom. The van der Waals surface area contributed by atoms with Gasteiger partial charge in [-0.2, -0.15) is 0 Å². The molecule has 0 aromatic carbocycles. The van der Waals surface area contributed by atoms with Gasteiger partial charge in [-0.3, -0.25) is 0 Å². The lowest BCUT2D eigenvalue weighted by Gasteiger charge is -1.86. The van der Waals surface area contributed by atoms with Crippen LogP contribution in [0, 0.1) is 20.2 Å². The second kappa shape index (κ2) is 2.40. The topological polar surface area (TPSA) is 111 Å². The van der Waals surface area contributed by atoms with Crippen molar-refractivity contribution in [2.75, 3.05) is 6.54 Å². The highest BCUT2D eigenvalue weighted by molar-refractivity contribution is 5.94. The summed E-state index contributed by atoms with van der Waals surface area (Å²) in [5, 5.41) is 19.9. The molecule has 8 heteroatoms. The first-order valence-corrected chi connectivity index (χ1v) is 2.52. The van der Waals surface area contributed by atoms with Crippen molar-refractivity contribution in [2.45, 2.75) is 0 Å². The fraction of sp³-hybridized carbons (Fsp3) is 0.333. The summed E-state index contributed by atoms with van der Waals surface area (Å²) in [4.78, 5) is 24.5. The summed E-state index contributed by atoms with van der Waals surface area (Å²) in [6.07, 6.45) is 0. The highest BCUT2D eigenvalue weighted by atomic mass is 16.6. The molecule has 0 spiro atoms. The summed E-state index contributed by atoms with van der Waals surface area (Å²) >= 11 is 0. The standard InChI is InChI=1S/C3H2N4O4/c8-6(9)2-1-4-3(5-2)7(10)11/h1H2. The van der Waals surface area contributed by atoms with E-state index in [2.05, 4.69) is 9.98 Å². The molecular formula is C3H2N4O4. The zero-order valence-corrected chi connectivity index (χ0v) is 5.13. The predicted octanol–water partition coefficient (Wildman–Crippen LogP) is -0.692. The lowest BCUT2D eigenvalue weighted by atomic mass is 10.6. The van der Waals surface area contributed by atoms with E-state index in [1.54, 1.807) is 0 Å². The second-order valence-corrected chi connectivity index (χ2v) is 1.66. The monoisotopic (exact) mass is 158 g/mol. The van der Waals surface area contributed by atoms with Crippen LogP contribution >= 0.6 is 0 Å². The third-order valence-electron chi connectivity index (χ3n) is 0.965. The van der Waals surface area contributed by atoms with Gasteiger partial charge >= 0.3 is 11.8 Å². The van der Waals surface area contributed by atoms with Gasteiger partial charge in [-0.25, -0.2) is 0 Å². The molecule has 0 radical (unpaired) electrons. The van der Waals surface area contributed by atoms with Crippen molar-refractivity contribution in [3.8, 4) is 0 Å². The molecule has 58 valence electrons. The maximum Gasteiger partial charge on any atom is 0.468 e. The zero-order valence-electron chi connectivity index (χ0n) is 5.13. The van der Waals surface area contributed by atoms with Gasteiger partial charge in [0, 0.05) is 0 Å². The Balaban J connectivity index is 2.79. The fourth-order valence-electron chi connectivity index (χ4n) is 0.525. The molecule has 1 aliphatic rings. The van der Waals surface area contributed by atoms with Crippen LogP contribution in [0.5, 0.6) is 0 Å². The van der Waals surface area contributed by atoms with E-state index in [0.717, 1.165) is 0 Å². The van der Waals surface area contributed by atoms with Crippen LogP contribution in [0.1, 0.15) is 0 Å². The quantitative estimate of drug-likeness (QED) is 0.343. The van der Waals surface area contributed by atoms with E-state index in [1.165, 1.54) is 0 Å². The fourth-order valence-corrected chi connectivity index (χ4v) is 0.525. The van der Waals surface area contributed by atoms with Crippen LogP contribution in [0.3, 0.4) is 0 Å². The Bertz CT molecular complexity index is 279. The predicted molar refractivity (Wildman–Crippen MR) is 33.7 cm³/mol. The number of nitro groups is 2. The molecule has 0 N–H and O–H groups in total. The molecule has 0 aromatic heterocycles. The normalized spacial score (nSPS) is 15.6. The maximum absolute atomic E-state index is 9.95. The average Bonchev–Trinajstić information content (AvgIpc) is 2.33. The molecule has 1 heterocycles. The molecule has 1 rings (SSSR count). The molecule has 0 fully saturated rings. The first-order valence-electron chi connectivity index (χ1n) is 2.52. The van der Waals surface area contributed by atoms with Gasteiger partial charge in [0.05, 0.1) is 0 Å². The van der Waals surface area contributed by atoms with Crippen molar-refractivity contribution in [1.29, 1.82) is 0 Å². The minimum atomic E-state index is -0.865. The largest absolute Gasteiger partial charge is 0.468 e. The van der Waals surface area contributed by atoms with Gasteiger partial charge in [-0.1, -0.05) is 4.99 Å². The molecule has 0 unspecified atom stereocenters. The van der Waals surface area contributed by atoms with Gasteiger partial charge < -0.3 is 20.2 Å². The summed E-state index contributed by atoms with van der Waals surface area (Å²) in [5.74, 6) is -1.19.